The third-order valence-electron chi connectivity index (χ3n) is 4.02. The minimum Gasteiger partial charge on any atom is -0.492 e. The number of fused-ring (bicyclic) bond motifs is 1. The number of para-hydroxylation sites is 1. The molecule has 1 atom stereocenters. The zero-order valence-corrected chi connectivity index (χ0v) is 12.0. The van der Waals surface area contributed by atoms with Gasteiger partial charge in [0.05, 0.1) is 6.54 Å². The first-order valence-electron chi connectivity index (χ1n) is 7.40. The summed E-state index contributed by atoms with van der Waals surface area (Å²) in [4.78, 5) is 0. The van der Waals surface area contributed by atoms with Crippen LogP contribution >= 0.6 is 0 Å². The monoisotopic (exact) mass is 270 g/mol. The third-order valence-corrected chi connectivity index (χ3v) is 4.02. The second kappa shape index (κ2) is 6.14. The number of rotatable bonds is 5. The lowest BCUT2D eigenvalue weighted by atomic mass is 9.91. The van der Waals surface area contributed by atoms with E-state index < -0.39 is 0 Å². The normalized spacial score (nSPS) is 17.8. The van der Waals surface area contributed by atoms with E-state index in [0.29, 0.717) is 12.6 Å². The highest BCUT2D eigenvalue weighted by atomic mass is 16.5. The summed E-state index contributed by atoms with van der Waals surface area (Å²) in [6, 6.07) is 10.5. The standard InChI is InChI=1S/C17H22N2O/c1-18-17-9-5-6-14-12-19(13-16(14)17)10-11-20-15-7-3-2-4-8-15/h2-4,7-8,12-13,17-18H,5-6,9-11H2,1H3. The second-order valence-corrected chi connectivity index (χ2v) is 5.37. The number of benzene rings is 1. The molecule has 1 unspecified atom stereocenters. The van der Waals surface area contributed by atoms with E-state index in [1.807, 2.05) is 30.3 Å². The first-order valence-corrected chi connectivity index (χ1v) is 7.40. The van der Waals surface area contributed by atoms with Gasteiger partial charge in [0.2, 0.25) is 0 Å². The van der Waals surface area contributed by atoms with Gasteiger partial charge in [-0.2, -0.15) is 0 Å². The van der Waals surface area contributed by atoms with Crippen molar-refractivity contribution in [1.29, 1.82) is 0 Å². The second-order valence-electron chi connectivity index (χ2n) is 5.37. The van der Waals surface area contributed by atoms with Gasteiger partial charge < -0.3 is 14.6 Å². The molecule has 0 radical (unpaired) electrons. The number of nitrogens with zero attached hydrogens (tertiary/aromatic N) is 1. The first kappa shape index (κ1) is 13.3. The van der Waals surface area contributed by atoms with Crippen LogP contribution in [0.5, 0.6) is 5.75 Å². The average Bonchev–Trinajstić information content (AvgIpc) is 2.91. The Kier molecular flexibility index (Phi) is 4.07. The number of hydrogen-bond donors (Lipinski definition) is 1. The van der Waals surface area contributed by atoms with Gasteiger partial charge in [-0.25, -0.2) is 0 Å². The van der Waals surface area contributed by atoms with E-state index in [-0.39, 0.29) is 0 Å². The van der Waals surface area contributed by atoms with Gasteiger partial charge in [-0.05, 0) is 49.6 Å². The molecule has 3 rings (SSSR count). The Bertz CT molecular complexity index is 547. The Morgan fingerprint density at radius 2 is 2.10 bits per heavy atom. The number of hydrogen-bond acceptors (Lipinski definition) is 2. The molecule has 0 bridgehead atoms. The lowest BCUT2D eigenvalue weighted by Crippen LogP contribution is -2.20. The van der Waals surface area contributed by atoms with Gasteiger partial charge in [0, 0.05) is 18.4 Å². The topological polar surface area (TPSA) is 26.2 Å². The van der Waals surface area contributed by atoms with Crippen LogP contribution in [0, 0.1) is 0 Å². The summed E-state index contributed by atoms with van der Waals surface area (Å²) >= 11 is 0. The fourth-order valence-corrected chi connectivity index (χ4v) is 2.96. The van der Waals surface area contributed by atoms with Gasteiger partial charge in [-0.3, -0.25) is 0 Å². The molecule has 3 heteroatoms. The van der Waals surface area contributed by atoms with E-state index in [0.717, 1.165) is 12.3 Å². The predicted octanol–water partition coefficient (Wildman–Crippen LogP) is 3.16. The summed E-state index contributed by atoms with van der Waals surface area (Å²) in [5, 5.41) is 3.41. The van der Waals surface area contributed by atoms with Crippen molar-refractivity contribution in [2.45, 2.75) is 31.8 Å². The molecule has 2 aromatic rings. The highest BCUT2D eigenvalue weighted by Gasteiger charge is 2.20. The molecular weight excluding hydrogens is 248 g/mol. The van der Waals surface area contributed by atoms with Crippen molar-refractivity contribution in [2.24, 2.45) is 0 Å². The summed E-state index contributed by atoms with van der Waals surface area (Å²) in [5.41, 5.74) is 2.97. The van der Waals surface area contributed by atoms with Crippen molar-refractivity contribution in [2.75, 3.05) is 13.7 Å². The molecule has 3 nitrogen and oxygen atoms in total. The molecule has 0 aliphatic heterocycles. The Labute approximate surface area is 120 Å². The van der Waals surface area contributed by atoms with Crippen LogP contribution in [0.3, 0.4) is 0 Å². The summed E-state index contributed by atoms with van der Waals surface area (Å²) in [6.45, 7) is 1.61. The molecule has 1 aliphatic rings. The van der Waals surface area contributed by atoms with Crippen LogP contribution in [0.1, 0.15) is 30.0 Å². The molecule has 0 fully saturated rings. The van der Waals surface area contributed by atoms with Crippen molar-refractivity contribution < 1.29 is 4.74 Å². The van der Waals surface area contributed by atoms with Crippen LogP contribution in [0.15, 0.2) is 42.7 Å². The van der Waals surface area contributed by atoms with Crippen molar-refractivity contribution >= 4 is 0 Å². The molecule has 0 saturated carbocycles. The maximum atomic E-state index is 5.76. The van der Waals surface area contributed by atoms with Crippen LogP contribution in [0.2, 0.25) is 0 Å². The zero-order valence-electron chi connectivity index (χ0n) is 12.0. The van der Waals surface area contributed by atoms with E-state index >= 15 is 0 Å². The average molecular weight is 270 g/mol. The van der Waals surface area contributed by atoms with E-state index in [4.69, 9.17) is 4.74 Å². The molecule has 1 aromatic carbocycles. The predicted molar refractivity (Wildman–Crippen MR) is 81.1 cm³/mol. The zero-order chi connectivity index (χ0) is 13.8. The summed E-state index contributed by atoms with van der Waals surface area (Å²) in [5.74, 6) is 0.942. The van der Waals surface area contributed by atoms with Crippen molar-refractivity contribution in [3.63, 3.8) is 0 Å². The van der Waals surface area contributed by atoms with E-state index in [1.54, 1.807) is 0 Å². The number of nitrogens with one attached hydrogen (secondary N) is 1. The van der Waals surface area contributed by atoms with Crippen LogP contribution in [-0.2, 0) is 13.0 Å². The summed E-state index contributed by atoms with van der Waals surface area (Å²) < 4.78 is 8.03. The Morgan fingerprint density at radius 1 is 1.25 bits per heavy atom. The number of aromatic nitrogens is 1. The molecule has 20 heavy (non-hydrogen) atoms. The molecule has 1 aliphatic carbocycles. The smallest absolute Gasteiger partial charge is 0.119 e. The third kappa shape index (κ3) is 2.88. The van der Waals surface area contributed by atoms with E-state index in [2.05, 4.69) is 29.3 Å². The summed E-state index contributed by atoms with van der Waals surface area (Å²) in [7, 11) is 2.05. The van der Waals surface area contributed by atoms with E-state index in [1.165, 1.54) is 30.4 Å². The maximum absolute atomic E-state index is 5.76. The Balaban J connectivity index is 1.60. The maximum Gasteiger partial charge on any atom is 0.119 e. The van der Waals surface area contributed by atoms with E-state index in [9.17, 15) is 0 Å². The summed E-state index contributed by atoms with van der Waals surface area (Å²) in [6.07, 6.45) is 8.30. The van der Waals surface area contributed by atoms with Gasteiger partial charge in [0.15, 0.2) is 0 Å². The minimum absolute atomic E-state index is 0.523. The highest BCUT2D eigenvalue weighted by molar-refractivity contribution is 5.30. The van der Waals surface area contributed by atoms with Crippen molar-refractivity contribution in [3.8, 4) is 5.75 Å². The van der Waals surface area contributed by atoms with Gasteiger partial charge in [-0.1, -0.05) is 18.2 Å². The molecule has 0 spiro atoms. The molecule has 1 aromatic heterocycles. The van der Waals surface area contributed by atoms with Crippen LogP contribution in [-0.4, -0.2) is 18.2 Å². The molecule has 1 N–H and O–H groups in total. The lowest BCUT2D eigenvalue weighted by molar-refractivity contribution is 0.298. The molecule has 0 amide bonds. The first-order chi connectivity index (χ1) is 9.86. The number of ether oxygens (including phenoxy) is 1. The molecule has 106 valence electrons. The van der Waals surface area contributed by atoms with Crippen molar-refractivity contribution in [1.82, 2.24) is 9.88 Å². The molecule has 1 heterocycles. The Morgan fingerprint density at radius 3 is 2.90 bits per heavy atom. The quantitative estimate of drug-likeness (QED) is 0.903. The van der Waals surface area contributed by atoms with Gasteiger partial charge in [-0.15, -0.1) is 0 Å². The van der Waals surface area contributed by atoms with Crippen LogP contribution in [0.25, 0.3) is 0 Å². The Hall–Kier alpha value is -1.74. The SMILES string of the molecule is CNC1CCCc2cn(CCOc3ccccc3)cc21. The minimum atomic E-state index is 0.523. The fourth-order valence-electron chi connectivity index (χ4n) is 2.96. The van der Waals surface area contributed by atoms with Crippen LogP contribution < -0.4 is 10.1 Å². The van der Waals surface area contributed by atoms with Gasteiger partial charge in [0.1, 0.15) is 12.4 Å². The number of aryl methyl sites for hydroxylation is 1. The van der Waals surface area contributed by atoms with Gasteiger partial charge >= 0.3 is 0 Å². The largest absolute Gasteiger partial charge is 0.492 e. The molecule has 0 saturated heterocycles. The van der Waals surface area contributed by atoms with Crippen LogP contribution in [0.4, 0.5) is 0 Å². The van der Waals surface area contributed by atoms with Crippen molar-refractivity contribution in [3.05, 3.63) is 53.9 Å². The van der Waals surface area contributed by atoms with Gasteiger partial charge in [0.25, 0.3) is 0 Å². The highest BCUT2D eigenvalue weighted by Crippen LogP contribution is 2.30. The fraction of sp³-hybridized carbons (Fsp3) is 0.412. The molecular formula is C17H22N2O. The lowest BCUT2D eigenvalue weighted by Gasteiger charge is -2.21.